The Hall–Kier alpha value is -2.25. The summed E-state index contributed by atoms with van der Waals surface area (Å²) < 4.78 is 10.8. The van der Waals surface area contributed by atoms with Gasteiger partial charge in [-0.15, -0.1) is 0 Å². The molecule has 7 nitrogen and oxygen atoms in total. The van der Waals surface area contributed by atoms with Gasteiger partial charge in [-0.25, -0.2) is 0 Å². The van der Waals surface area contributed by atoms with Crippen LogP contribution in [0.3, 0.4) is 0 Å². The van der Waals surface area contributed by atoms with Crippen LogP contribution in [0.4, 0.5) is 0 Å². The number of nitrogens with zero attached hydrogens (tertiary/aromatic N) is 4. The van der Waals surface area contributed by atoms with Gasteiger partial charge in [-0.05, 0) is 32.9 Å². The first-order chi connectivity index (χ1) is 13.2. The molecule has 3 heterocycles. The molecule has 0 radical (unpaired) electrons. The lowest BCUT2D eigenvalue weighted by molar-refractivity contribution is -0.141. The number of aryl methyl sites for hydroxylation is 1. The third kappa shape index (κ3) is 4.36. The summed E-state index contributed by atoms with van der Waals surface area (Å²) in [6.07, 6.45) is 1.77. The van der Waals surface area contributed by atoms with E-state index in [9.17, 15) is 4.79 Å². The zero-order valence-corrected chi connectivity index (χ0v) is 15.8. The summed E-state index contributed by atoms with van der Waals surface area (Å²) in [5, 5.41) is 4.10. The van der Waals surface area contributed by atoms with Gasteiger partial charge in [0.2, 0.25) is 17.6 Å². The molecule has 1 amide bonds. The van der Waals surface area contributed by atoms with Gasteiger partial charge in [0.25, 0.3) is 0 Å². The zero-order chi connectivity index (χ0) is 18.6. The van der Waals surface area contributed by atoms with E-state index in [-0.39, 0.29) is 11.8 Å². The molecule has 0 saturated carbocycles. The van der Waals surface area contributed by atoms with Crippen LogP contribution in [0.25, 0.3) is 11.4 Å². The summed E-state index contributed by atoms with van der Waals surface area (Å²) in [5.74, 6) is 1.67. The van der Waals surface area contributed by atoms with Crippen LogP contribution in [0.2, 0.25) is 0 Å². The van der Waals surface area contributed by atoms with E-state index in [1.54, 1.807) is 0 Å². The number of likely N-dealkylation sites (tertiary alicyclic amines) is 1. The van der Waals surface area contributed by atoms with E-state index in [1.807, 2.05) is 29.2 Å². The second-order valence-electron chi connectivity index (χ2n) is 7.37. The molecular weight excluding hydrogens is 344 g/mol. The van der Waals surface area contributed by atoms with Gasteiger partial charge < -0.3 is 14.2 Å². The van der Waals surface area contributed by atoms with Crippen molar-refractivity contribution in [2.45, 2.75) is 26.3 Å². The lowest BCUT2D eigenvalue weighted by Crippen LogP contribution is -2.46. The summed E-state index contributed by atoms with van der Waals surface area (Å²) >= 11 is 0. The number of benzene rings is 1. The topological polar surface area (TPSA) is 71.7 Å². The highest BCUT2D eigenvalue weighted by atomic mass is 16.5. The highest BCUT2D eigenvalue weighted by molar-refractivity contribution is 5.79. The van der Waals surface area contributed by atoms with Gasteiger partial charge in [-0.3, -0.25) is 9.69 Å². The first-order valence-corrected chi connectivity index (χ1v) is 9.67. The second-order valence-corrected chi connectivity index (χ2v) is 7.37. The van der Waals surface area contributed by atoms with Crippen LogP contribution in [-0.2, 0) is 16.1 Å². The van der Waals surface area contributed by atoms with Crippen molar-refractivity contribution in [3.63, 3.8) is 0 Å². The van der Waals surface area contributed by atoms with Crippen LogP contribution in [0.1, 0.15) is 24.3 Å². The van der Waals surface area contributed by atoms with Crippen molar-refractivity contribution in [1.29, 1.82) is 0 Å². The molecule has 7 heteroatoms. The molecule has 0 atom stereocenters. The Balaban J connectivity index is 1.29. The average molecular weight is 370 g/mol. The molecule has 1 aromatic carbocycles. The normalized spacial score (nSPS) is 19.4. The van der Waals surface area contributed by atoms with Crippen molar-refractivity contribution < 1.29 is 14.1 Å². The largest absolute Gasteiger partial charge is 0.378 e. The smallest absolute Gasteiger partial charge is 0.241 e. The molecule has 0 N–H and O–H groups in total. The minimum atomic E-state index is 0.130. The van der Waals surface area contributed by atoms with Crippen molar-refractivity contribution in [3.8, 4) is 11.4 Å². The minimum Gasteiger partial charge on any atom is -0.378 e. The summed E-state index contributed by atoms with van der Waals surface area (Å²) in [7, 11) is 0. The Kier molecular flexibility index (Phi) is 5.50. The lowest BCUT2D eigenvalue weighted by Gasteiger charge is -2.35. The van der Waals surface area contributed by atoms with Crippen molar-refractivity contribution >= 4 is 5.91 Å². The van der Waals surface area contributed by atoms with Gasteiger partial charge in [-0.2, -0.15) is 4.98 Å². The number of ether oxygens (including phenoxy) is 1. The quantitative estimate of drug-likeness (QED) is 0.821. The molecule has 0 spiro atoms. The van der Waals surface area contributed by atoms with E-state index in [1.165, 1.54) is 5.56 Å². The second kappa shape index (κ2) is 8.19. The number of morpholine rings is 1. The van der Waals surface area contributed by atoms with Crippen LogP contribution in [0.5, 0.6) is 0 Å². The first-order valence-electron chi connectivity index (χ1n) is 9.67. The van der Waals surface area contributed by atoms with Crippen LogP contribution in [0, 0.1) is 12.8 Å². The van der Waals surface area contributed by atoms with E-state index in [4.69, 9.17) is 9.26 Å². The van der Waals surface area contributed by atoms with Crippen LogP contribution in [-0.4, -0.2) is 65.2 Å². The number of hydrogen-bond donors (Lipinski definition) is 0. The maximum absolute atomic E-state index is 12.6. The Morgan fingerprint density at radius 3 is 2.52 bits per heavy atom. The summed E-state index contributed by atoms with van der Waals surface area (Å²) in [6.45, 7) is 7.21. The number of aromatic nitrogens is 2. The number of piperidine rings is 1. The maximum Gasteiger partial charge on any atom is 0.241 e. The van der Waals surface area contributed by atoms with Crippen LogP contribution in [0.15, 0.2) is 28.8 Å². The van der Waals surface area contributed by atoms with E-state index < -0.39 is 0 Å². The van der Waals surface area contributed by atoms with Gasteiger partial charge in [0.1, 0.15) is 0 Å². The maximum atomic E-state index is 12.6. The van der Waals surface area contributed by atoms with E-state index >= 15 is 0 Å². The minimum absolute atomic E-state index is 0.130. The number of rotatable bonds is 4. The Morgan fingerprint density at radius 1 is 1.11 bits per heavy atom. The van der Waals surface area contributed by atoms with Crippen molar-refractivity contribution in [2.75, 3.05) is 39.4 Å². The van der Waals surface area contributed by atoms with Crippen molar-refractivity contribution in [1.82, 2.24) is 19.9 Å². The van der Waals surface area contributed by atoms with E-state index in [2.05, 4.69) is 22.0 Å². The number of hydrogen-bond acceptors (Lipinski definition) is 6. The molecule has 27 heavy (non-hydrogen) atoms. The third-order valence-electron chi connectivity index (χ3n) is 5.40. The van der Waals surface area contributed by atoms with Crippen molar-refractivity contribution in [2.24, 2.45) is 5.92 Å². The standard InChI is InChI=1S/C20H26N4O3/c1-15-2-4-16(5-3-15)19-21-18(27-22-19)14-23-8-6-17(7-9-23)20(25)24-10-12-26-13-11-24/h2-5,17H,6-14H2,1H3. The van der Waals surface area contributed by atoms with Crippen LogP contribution >= 0.6 is 0 Å². The monoisotopic (exact) mass is 370 g/mol. The fraction of sp³-hybridized carbons (Fsp3) is 0.550. The molecular formula is C20H26N4O3. The summed E-state index contributed by atoms with van der Waals surface area (Å²) in [4.78, 5) is 21.4. The highest BCUT2D eigenvalue weighted by Crippen LogP contribution is 2.22. The summed E-state index contributed by atoms with van der Waals surface area (Å²) in [5.41, 5.74) is 2.17. The van der Waals surface area contributed by atoms with Gasteiger partial charge in [0.15, 0.2) is 0 Å². The Bertz CT molecular complexity index is 760. The molecule has 0 unspecified atom stereocenters. The SMILES string of the molecule is Cc1ccc(-c2noc(CN3CCC(C(=O)N4CCOCC4)CC3)n2)cc1. The molecule has 0 bridgehead atoms. The molecule has 2 fully saturated rings. The molecule has 2 aliphatic heterocycles. The van der Waals surface area contributed by atoms with Gasteiger partial charge >= 0.3 is 0 Å². The molecule has 4 rings (SSSR count). The third-order valence-corrected chi connectivity index (χ3v) is 5.40. The molecule has 2 saturated heterocycles. The Morgan fingerprint density at radius 2 is 1.81 bits per heavy atom. The van der Waals surface area contributed by atoms with E-state index in [0.29, 0.717) is 31.5 Å². The first kappa shape index (κ1) is 18.1. The molecule has 2 aliphatic rings. The van der Waals surface area contributed by atoms with Crippen LogP contribution < -0.4 is 0 Å². The highest BCUT2D eigenvalue weighted by Gasteiger charge is 2.29. The molecule has 144 valence electrons. The fourth-order valence-electron chi connectivity index (χ4n) is 3.71. The Labute approximate surface area is 159 Å². The van der Waals surface area contributed by atoms with E-state index in [0.717, 1.165) is 44.6 Å². The number of amides is 1. The average Bonchev–Trinajstić information content (AvgIpc) is 3.18. The predicted molar refractivity (Wildman–Crippen MR) is 99.9 cm³/mol. The number of carbonyl (C=O) groups is 1. The zero-order valence-electron chi connectivity index (χ0n) is 15.8. The van der Waals surface area contributed by atoms with Gasteiger partial charge in [0.05, 0.1) is 19.8 Å². The van der Waals surface area contributed by atoms with Gasteiger partial charge in [-0.1, -0.05) is 35.0 Å². The molecule has 0 aliphatic carbocycles. The predicted octanol–water partition coefficient (Wildman–Crippen LogP) is 2.12. The van der Waals surface area contributed by atoms with Gasteiger partial charge in [0, 0.05) is 24.6 Å². The lowest BCUT2D eigenvalue weighted by atomic mass is 9.95. The molecule has 2 aromatic rings. The summed E-state index contributed by atoms with van der Waals surface area (Å²) in [6, 6.07) is 8.10. The fourth-order valence-corrected chi connectivity index (χ4v) is 3.71. The molecule has 1 aromatic heterocycles. The number of carbonyl (C=O) groups excluding carboxylic acids is 1. The van der Waals surface area contributed by atoms with Crippen molar-refractivity contribution in [3.05, 3.63) is 35.7 Å².